The summed E-state index contributed by atoms with van der Waals surface area (Å²) in [5, 5.41) is 29.0. The van der Waals surface area contributed by atoms with Gasteiger partial charge in [0.15, 0.2) is 11.6 Å². The molecule has 1 aliphatic heterocycles. The second kappa shape index (κ2) is 6.13. The lowest BCUT2D eigenvalue weighted by Gasteiger charge is -2.42. The van der Waals surface area contributed by atoms with Gasteiger partial charge in [-0.2, -0.15) is 0 Å². The van der Waals surface area contributed by atoms with Crippen molar-refractivity contribution in [3.05, 3.63) is 35.4 Å². The third-order valence-electron chi connectivity index (χ3n) is 3.91. The van der Waals surface area contributed by atoms with Gasteiger partial charge in [-0.15, -0.1) is 0 Å². The largest absolute Gasteiger partial charge is 0.389 e. The number of piperidine rings is 1. The number of rotatable bonds is 3. The van der Waals surface area contributed by atoms with Crippen LogP contribution in [0.3, 0.4) is 0 Å². The number of aliphatic hydroxyl groups excluding tert-OH is 3. The zero-order valence-electron chi connectivity index (χ0n) is 11.2. The van der Waals surface area contributed by atoms with Crippen molar-refractivity contribution >= 4 is 0 Å². The van der Waals surface area contributed by atoms with Crippen LogP contribution in [0.2, 0.25) is 0 Å². The van der Waals surface area contributed by atoms with Crippen LogP contribution in [-0.2, 0) is 6.42 Å². The molecule has 1 aromatic carbocycles. The summed E-state index contributed by atoms with van der Waals surface area (Å²) < 4.78 is 25.9. The number of benzene rings is 1. The van der Waals surface area contributed by atoms with Crippen molar-refractivity contribution in [1.82, 2.24) is 4.90 Å². The SMILES string of the molecule is C[C@@H]1[C@@H](O)[C@H](O)[C@@H](O)CN1CCc1ccc(F)c(F)c1. The van der Waals surface area contributed by atoms with E-state index in [0.717, 1.165) is 12.1 Å². The van der Waals surface area contributed by atoms with E-state index in [4.69, 9.17) is 0 Å². The molecule has 0 unspecified atom stereocenters. The van der Waals surface area contributed by atoms with Crippen molar-refractivity contribution in [2.75, 3.05) is 13.1 Å². The average Bonchev–Trinajstić information content (AvgIpc) is 2.42. The number of β-amino-alcohol motifs (C(OH)–C–C–N with tert-alkyl or cyclic N) is 1. The minimum Gasteiger partial charge on any atom is -0.389 e. The maximum Gasteiger partial charge on any atom is 0.159 e. The van der Waals surface area contributed by atoms with E-state index in [1.54, 1.807) is 6.92 Å². The van der Waals surface area contributed by atoms with Crippen molar-refractivity contribution in [2.24, 2.45) is 0 Å². The van der Waals surface area contributed by atoms with E-state index in [1.165, 1.54) is 6.07 Å². The first-order chi connectivity index (χ1) is 9.40. The monoisotopic (exact) mass is 287 g/mol. The molecule has 0 radical (unpaired) electrons. The van der Waals surface area contributed by atoms with Crippen molar-refractivity contribution in [3.63, 3.8) is 0 Å². The average molecular weight is 287 g/mol. The first-order valence-electron chi connectivity index (χ1n) is 6.62. The highest BCUT2D eigenvalue weighted by Crippen LogP contribution is 2.19. The molecule has 0 aliphatic carbocycles. The van der Waals surface area contributed by atoms with Gasteiger partial charge in [0.25, 0.3) is 0 Å². The Balaban J connectivity index is 1.97. The Morgan fingerprint density at radius 1 is 1.15 bits per heavy atom. The summed E-state index contributed by atoms with van der Waals surface area (Å²) in [7, 11) is 0. The van der Waals surface area contributed by atoms with Crippen LogP contribution in [0.25, 0.3) is 0 Å². The Labute approximate surface area is 116 Å². The van der Waals surface area contributed by atoms with E-state index < -0.39 is 29.9 Å². The molecule has 1 aromatic rings. The van der Waals surface area contributed by atoms with E-state index in [2.05, 4.69) is 0 Å². The molecule has 2 rings (SSSR count). The third kappa shape index (κ3) is 3.15. The summed E-state index contributed by atoms with van der Waals surface area (Å²) in [6.45, 7) is 2.47. The molecule has 6 heteroatoms. The Morgan fingerprint density at radius 2 is 1.85 bits per heavy atom. The highest BCUT2D eigenvalue weighted by Gasteiger charge is 2.38. The van der Waals surface area contributed by atoms with Crippen LogP contribution < -0.4 is 0 Å². The molecule has 0 aromatic heterocycles. The zero-order valence-corrected chi connectivity index (χ0v) is 11.2. The Morgan fingerprint density at radius 3 is 2.50 bits per heavy atom. The fourth-order valence-corrected chi connectivity index (χ4v) is 2.51. The summed E-state index contributed by atoms with van der Waals surface area (Å²) in [6, 6.07) is 3.43. The van der Waals surface area contributed by atoms with Crippen LogP contribution in [0.1, 0.15) is 12.5 Å². The molecule has 4 atom stereocenters. The molecule has 1 saturated heterocycles. The second-order valence-electron chi connectivity index (χ2n) is 5.28. The van der Waals surface area contributed by atoms with Crippen LogP contribution in [0.5, 0.6) is 0 Å². The topological polar surface area (TPSA) is 63.9 Å². The number of likely N-dealkylation sites (tertiary alicyclic amines) is 1. The molecule has 112 valence electrons. The van der Waals surface area contributed by atoms with Crippen LogP contribution in [0.4, 0.5) is 8.78 Å². The number of nitrogens with zero attached hydrogens (tertiary/aromatic N) is 1. The summed E-state index contributed by atoms with van der Waals surface area (Å²) >= 11 is 0. The van der Waals surface area contributed by atoms with Gasteiger partial charge in [-0.25, -0.2) is 8.78 Å². The van der Waals surface area contributed by atoms with E-state index in [0.29, 0.717) is 18.5 Å². The molecule has 0 spiro atoms. The molecule has 1 aliphatic rings. The predicted molar refractivity (Wildman–Crippen MR) is 69.1 cm³/mol. The van der Waals surface area contributed by atoms with Gasteiger partial charge in [0.1, 0.15) is 6.10 Å². The predicted octanol–water partition coefficient (Wildman–Crippen LogP) is 0.294. The number of hydrogen-bond donors (Lipinski definition) is 3. The van der Waals surface area contributed by atoms with E-state index in [-0.39, 0.29) is 12.6 Å². The maximum absolute atomic E-state index is 13.1. The van der Waals surface area contributed by atoms with Crippen LogP contribution in [-0.4, -0.2) is 57.7 Å². The number of aliphatic hydroxyl groups is 3. The Bertz CT molecular complexity index is 472. The van der Waals surface area contributed by atoms with E-state index in [1.807, 2.05) is 4.90 Å². The first-order valence-corrected chi connectivity index (χ1v) is 6.62. The summed E-state index contributed by atoms with van der Waals surface area (Å²) in [6.07, 6.45) is -2.71. The smallest absolute Gasteiger partial charge is 0.159 e. The van der Waals surface area contributed by atoms with Gasteiger partial charge in [0.05, 0.1) is 12.2 Å². The normalized spacial score (nSPS) is 31.5. The minimum atomic E-state index is -1.15. The zero-order chi connectivity index (χ0) is 14.9. The highest BCUT2D eigenvalue weighted by atomic mass is 19.2. The third-order valence-corrected chi connectivity index (χ3v) is 3.91. The fraction of sp³-hybridized carbons (Fsp3) is 0.571. The van der Waals surface area contributed by atoms with Crippen LogP contribution in [0.15, 0.2) is 18.2 Å². The van der Waals surface area contributed by atoms with E-state index in [9.17, 15) is 24.1 Å². The lowest BCUT2D eigenvalue weighted by molar-refractivity contribution is -0.132. The lowest BCUT2D eigenvalue weighted by atomic mass is 9.94. The molecular weight excluding hydrogens is 268 g/mol. The molecule has 4 nitrogen and oxygen atoms in total. The lowest BCUT2D eigenvalue weighted by Crippen LogP contribution is -2.60. The van der Waals surface area contributed by atoms with Crippen molar-refractivity contribution in [2.45, 2.75) is 37.7 Å². The molecule has 0 saturated carbocycles. The highest BCUT2D eigenvalue weighted by molar-refractivity contribution is 5.18. The van der Waals surface area contributed by atoms with Gasteiger partial charge in [0, 0.05) is 19.1 Å². The molecule has 3 N–H and O–H groups in total. The molecule has 0 bridgehead atoms. The molecule has 1 heterocycles. The second-order valence-corrected chi connectivity index (χ2v) is 5.28. The van der Waals surface area contributed by atoms with Gasteiger partial charge in [-0.05, 0) is 31.0 Å². The molecule has 0 amide bonds. The van der Waals surface area contributed by atoms with Crippen LogP contribution in [0, 0.1) is 11.6 Å². The van der Waals surface area contributed by atoms with Gasteiger partial charge < -0.3 is 15.3 Å². The van der Waals surface area contributed by atoms with E-state index >= 15 is 0 Å². The minimum absolute atomic E-state index is 0.239. The molecule has 1 fully saturated rings. The quantitative estimate of drug-likeness (QED) is 0.748. The summed E-state index contributed by atoms with van der Waals surface area (Å²) in [4.78, 5) is 1.82. The molecular formula is C14H19F2NO3. The van der Waals surface area contributed by atoms with Crippen molar-refractivity contribution in [3.8, 4) is 0 Å². The van der Waals surface area contributed by atoms with Crippen molar-refractivity contribution in [1.29, 1.82) is 0 Å². The maximum atomic E-state index is 13.1. The van der Waals surface area contributed by atoms with Gasteiger partial charge in [0.2, 0.25) is 0 Å². The van der Waals surface area contributed by atoms with Crippen LogP contribution >= 0.6 is 0 Å². The van der Waals surface area contributed by atoms with Gasteiger partial charge in [-0.3, -0.25) is 4.90 Å². The first kappa shape index (κ1) is 15.3. The Hall–Kier alpha value is -1.08. The Kier molecular flexibility index (Phi) is 4.70. The van der Waals surface area contributed by atoms with Crippen molar-refractivity contribution < 1.29 is 24.1 Å². The summed E-state index contributed by atoms with van der Waals surface area (Å²) in [5.74, 6) is -1.77. The van der Waals surface area contributed by atoms with Gasteiger partial charge >= 0.3 is 0 Å². The fourth-order valence-electron chi connectivity index (χ4n) is 2.51. The number of hydrogen-bond acceptors (Lipinski definition) is 4. The molecule has 20 heavy (non-hydrogen) atoms. The summed E-state index contributed by atoms with van der Waals surface area (Å²) in [5.41, 5.74) is 0.645. The number of halogens is 2. The van der Waals surface area contributed by atoms with Gasteiger partial charge in [-0.1, -0.05) is 6.07 Å². The standard InChI is InChI=1S/C14H19F2NO3/c1-8-13(19)14(20)12(18)7-17(8)5-4-9-2-3-10(15)11(16)6-9/h2-3,6,8,12-14,18-20H,4-5,7H2,1H3/t8-,12+,13-,14-/m1/s1.